The highest BCUT2D eigenvalue weighted by Gasteiger charge is 2.23. The highest BCUT2D eigenvalue weighted by Crippen LogP contribution is 2.20. The first-order chi connectivity index (χ1) is 10.1. The van der Waals surface area contributed by atoms with E-state index < -0.39 is 0 Å². The van der Waals surface area contributed by atoms with Crippen LogP contribution in [0, 0.1) is 5.92 Å². The summed E-state index contributed by atoms with van der Waals surface area (Å²) in [5.74, 6) is 0.585. The number of likely N-dealkylation sites (tertiary alicyclic amines) is 1. The van der Waals surface area contributed by atoms with Crippen LogP contribution in [-0.4, -0.2) is 43.0 Å². The van der Waals surface area contributed by atoms with Crippen LogP contribution in [0.15, 0.2) is 24.3 Å². The molecule has 5 heteroatoms. The smallest absolute Gasteiger partial charge is 0.238 e. The van der Waals surface area contributed by atoms with Crippen molar-refractivity contribution in [2.45, 2.75) is 26.3 Å². The van der Waals surface area contributed by atoms with Crippen molar-refractivity contribution in [2.24, 2.45) is 5.92 Å². The zero-order valence-corrected chi connectivity index (χ0v) is 13.5. The summed E-state index contributed by atoms with van der Waals surface area (Å²) in [4.78, 5) is 14.4. The third-order valence-electron chi connectivity index (χ3n) is 3.91. The van der Waals surface area contributed by atoms with E-state index in [0.717, 1.165) is 19.6 Å². The molecule has 1 unspecified atom stereocenters. The van der Waals surface area contributed by atoms with Crippen molar-refractivity contribution in [3.05, 3.63) is 29.3 Å². The molecule has 1 aromatic rings. The molecule has 2 N–H and O–H groups in total. The molecule has 0 spiro atoms. The van der Waals surface area contributed by atoms with Crippen LogP contribution in [-0.2, 0) is 4.79 Å². The number of hydrogen-bond acceptors (Lipinski definition) is 3. The summed E-state index contributed by atoms with van der Waals surface area (Å²) in [6.07, 6.45) is 1.21. The summed E-state index contributed by atoms with van der Waals surface area (Å²) < 4.78 is 0. The average molecular weight is 310 g/mol. The molecular formula is C16H24ClN3O. The first-order valence-corrected chi connectivity index (χ1v) is 7.93. The fourth-order valence-electron chi connectivity index (χ4n) is 2.65. The molecular weight excluding hydrogens is 286 g/mol. The number of rotatable bonds is 6. The number of halogens is 1. The first kappa shape index (κ1) is 16.3. The van der Waals surface area contributed by atoms with Gasteiger partial charge in [0, 0.05) is 12.6 Å². The van der Waals surface area contributed by atoms with Crippen LogP contribution in [0.25, 0.3) is 0 Å². The van der Waals surface area contributed by atoms with Crippen molar-refractivity contribution in [1.82, 2.24) is 10.2 Å². The Balaban J connectivity index is 1.67. The molecule has 116 valence electrons. The van der Waals surface area contributed by atoms with Gasteiger partial charge in [0.05, 0.1) is 17.3 Å². The van der Waals surface area contributed by atoms with Gasteiger partial charge in [-0.15, -0.1) is 0 Å². The van der Waals surface area contributed by atoms with E-state index in [1.165, 1.54) is 6.42 Å². The number of anilines is 1. The van der Waals surface area contributed by atoms with E-state index in [1.807, 2.05) is 12.1 Å². The zero-order chi connectivity index (χ0) is 15.2. The molecule has 1 saturated heterocycles. The maximum absolute atomic E-state index is 11.9. The molecule has 0 radical (unpaired) electrons. The van der Waals surface area contributed by atoms with Crippen LogP contribution < -0.4 is 10.6 Å². The van der Waals surface area contributed by atoms with Gasteiger partial charge in [-0.05, 0) is 51.4 Å². The lowest BCUT2D eigenvalue weighted by Crippen LogP contribution is -2.34. The molecule has 1 atom stereocenters. The zero-order valence-electron chi connectivity index (χ0n) is 12.7. The van der Waals surface area contributed by atoms with Gasteiger partial charge >= 0.3 is 0 Å². The maximum Gasteiger partial charge on any atom is 0.238 e. The largest absolute Gasteiger partial charge is 0.324 e. The minimum atomic E-state index is -0.0539. The van der Waals surface area contributed by atoms with Gasteiger partial charge in [0.15, 0.2) is 0 Å². The fourth-order valence-corrected chi connectivity index (χ4v) is 2.83. The molecule has 1 aliphatic heterocycles. The molecule has 0 saturated carbocycles. The van der Waals surface area contributed by atoms with Crippen molar-refractivity contribution in [2.75, 3.05) is 31.5 Å². The first-order valence-electron chi connectivity index (χ1n) is 7.55. The Kier molecular flexibility index (Phi) is 6.03. The molecule has 4 nitrogen and oxygen atoms in total. The highest BCUT2D eigenvalue weighted by molar-refractivity contribution is 6.33. The van der Waals surface area contributed by atoms with Crippen molar-refractivity contribution in [3.63, 3.8) is 0 Å². The lowest BCUT2D eigenvalue weighted by molar-refractivity contribution is -0.115. The quantitative estimate of drug-likeness (QED) is 0.849. The normalized spacial score (nSPS) is 19.1. The highest BCUT2D eigenvalue weighted by atomic mass is 35.5. The SMILES string of the molecule is CC(C)N1CCC(CNCC(=O)Nc2ccccc2Cl)C1. The summed E-state index contributed by atoms with van der Waals surface area (Å²) in [7, 11) is 0. The van der Waals surface area contributed by atoms with Gasteiger partial charge in [-0.2, -0.15) is 0 Å². The van der Waals surface area contributed by atoms with Gasteiger partial charge < -0.3 is 15.5 Å². The van der Waals surface area contributed by atoms with Crippen LogP contribution in [0.4, 0.5) is 5.69 Å². The number of amides is 1. The molecule has 1 amide bonds. The van der Waals surface area contributed by atoms with Gasteiger partial charge in [0.2, 0.25) is 5.91 Å². The minimum absolute atomic E-state index is 0.0539. The van der Waals surface area contributed by atoms with Crippen molar-refractivity contribution in [3.8, 4) is 0 Å². The molecule has 1 heterocycles. The maximum atomic E-state index is 11.9. The van der Waals surface area contributed by atoms with Crippen molar-refractivity contribution in [1.29, 1.82) is 0 Å². The van der Waals surface area contributed by atoms with E-state index in [2.05, 4.69) is 29.4 Å². The van der Waals surface area contributed by atoms with Gasteiger partial charge in [0.1, 0.15) is 0 Å². The molecule has 0 bridgehead atoms. The predicted octanol–water partition coefficient (Wildman–Crippen LogP) is 2.60. The van der Waals surface area contributed by atoms with E-state index >= 15 is 0 Å². The number of nitrogens with one attached hydrogen (secondary N) is 2. The van der Waals surface area contributed by atoms with Crippen LogP contribution in [0.5, 0.6) is 0 Å². The van der Waals surface area contributed by atoms with E-state index in [9.17, 15) is 4.79 Å². The number of hydrogen-bond donors (Lipinski definition) is 2. The van der Waals surface area contributed by atoms with Crippen LogP contribution in [0.1, 0.15) is 20.3 Å². The Hall–Kier alpha value is -1.10. The standard InChI is InChI=1S/C16H24ClN3O/c1-12(2)20-8-7-13(11-20)9-18-10-16(21)19-15-6-4-3-5-14(15)17/h3-6,12-13,18H,7-11H2,1-2H3,(H,19,21). The topological polar surface area (TPSA) is 44.4 Å². The summed E-state index contributed by atoms with van der Waals surface area (Å²) >= 11 is 6.01. The third kappa shape index (κ3) is 4.99. The Labute approximate surface area is 131 Å². The van der Waals surface area contributed by atoms with E-state index in [4.69, 9.17) is 11.6 Å². The molecule has 0 aromatic heterocycles. The molecule has 0 aliphatic carbocycles. The Morgan fingerprint density at radius 1 is 1.43 bits per heavy atom. The summed E-state index contributed by atoms with van der Waals surface area (Å²) in [6.45, 7) is 7.95. The number of carbonyl (C=O) groups excluding carboxylic acids is 1. The summed E-state index contributed by atoms with van der Waals surface area (Å²) in [6, 6.07) is 7.88. The molecule has 21 heavy (non-hydrogen) atoms. The van der Waals surface area contributed by atoms with E-state index in [0.29, 0.717) is 29.2 Å². The Morgan fingerprint density at radius 3 is 2.86 bits per heavy atom. The lowest BCUT2D eigenvalue weighted by atomic mass is 10.1. The van der Waals surface area contributed by atoms with Gasteiger partial charge in [-0.1, -0.05) is 23.7 Å². The van der Waals surface area contributed by atoms with Crippen molar-refractivity contribution >= 4 is 23.2 Å². The van der Waals surface area contributed by atoms with Crippen LogP contribution >= 0.6 is 11.6 Å². The van der Waals surface area contributed by atoms with Crippen LogP contribution in [0.3, 0.4) is 0 Å². The number of para-hydroxylation sites is 1. The second-order valence-electron chi connectivity index (χ2n) is 5.90. The van der Waals surface area contributed by atoms with Gasteiger partial charge in [-0.3, -0.25) is 4.79 Å². The average Bonchev–Trinajstić information content (AvgIpc) is 2.90. The fraction of sp³-hybridized carbons (Fsp3) is 0.562. The number of carbonyl (C=O) groups is 1. The summed E-state index contributed by atoms with van der Waals surface area (Å²) in [5.41, 5.74) is 0.665. The second-order valence-corrected chi connectivity index (χ2v) is 6.31. The molecule has 2 rings (SSSR count). The second kappa shape index (κ2) is 7.78. The van der Waals surface area contributed by atoms with Gasteiger partial charge in [0.25, 0.3) is 0 Å². The predicted molar refractivity (Wildman–Crippen MR) is 87.8 cm³/mol. The van der Waals surface area contributed by atoms with Gasteiger partial charge in [-0.25, -0.2) is 0 Å². The Morgan fingerprint density at radius 2 is 2.19 bits per heavy atom. The number of benzene rings is 1. The van der Waals surface area contributed by atoms with Crippen LogP contribution in [0.2, 0.25) is 5.02 Å². The van der Waals surface area contributed by atoms with Crippen molar-refractivity contribution < 1.29 is 4.79 Å². The minimum Gasteiger partial charge on any atom is -0.324 e. The third-order valence-corrected chi connectivity index (χ3v) is 4.24. The molecule has 1 fully saturated rings. The Bertz CT molecular complexity index is 478. The lowest BCUT2D eigenvalue weighted by Gasteiger charge is -2.20. The van der Waals surface area contributed by atoms with E-state index in [-0.39, 0.29) is 5.91 Å². The molecule has 1 aliphatic rings. The monoisotopic (exact) mass is 309 g/mol. The molecule has 1 aromatic carbocycles. The number of nitrogens with zero attached hydrogens (tertiary/aromatic N) is 1. The van der Waals surface area contributed by atoms with E-state index in [1.54, 1.807) is 12.1 Å². The summed E-state index contributed by atoms with van der Waals surface area (Å²) in [5, 5.41) is 6.63.